The minimum Gasteiger partial charge on any atom is -0.296 e. The number of rotatable bonds is 6. The summed E-state index contributed by atoms with van der Waals surface area (Å²) < 4.78 is 13.4. The fourth-order valence-corrected chi connectivity index (χ4v) is 2.48. The maximum absolute atomic E-state index is 13.4. The van der Waals surface area contributed by atoms with Gasteiger partial charge in [0.1, 0.15) is 5.83 Å². The Kier molecular flexibility index (Phi) is 7.00. The van der Waals surface area contributed by atoms with Crippen LogP contribution in [0.2, 0.25) is 0 Å². The topological polar surface area (TPSA) is 20.3 Å². The molecule has 0 N–H and O–H groups in total. The van der Waals surface area contributed by atoms with E-state index in [1.165, 1.54) is 13.3 Å². The molecule has 0 atom stereocenters. The van der Waals surface area contributed by atoms with Gasteiger partial charge in [-0.2, -0.15) is 0 Å². The fraction of sp³-hybridized carbons (Fsp3) is 0.688. The first-order valence-corrected chi connectivity index (χ1v) is 7.36. The minimum absolute atomic E-state index is 0.0975. The molecule has 19 heavy (non-hydrogen) atoms. The molecule has 0 unspecified atom stereocenters. The van der Waals surface area contributed by atoms with E-state index >= 15 is 0 Å². The monoisotopic (exact) mass is 267 g/mol. The van der Waals surface area contributed by atoms with E-state index in [4.69, 9.17) is 0 Å². The molecule has 1 rings (SSSR count). The second-order valence-electron chi connectivity index (χ2n) is 5.31. The molecule has 0 amide bonds. The van der Waals surface area contributed by atoms with Gasteiger partial charge in [-0.1, -0.05) is 32.4 Å². The number of halogens is 1. The average molecular weight is 267 g/mol. The van der Waals surface area contributed by atoms with Gasteiger partial charge in [-0.15, -0.1) is 0 Å². The van der Waals surface area contributed by atoms with Crippen LogP contribution in [0.1, 0.15) is 46.5 Å². The maximum Gasteiger partial charge on any atom is 0.179 e. The Hall–Kier alpha value is -0.960. The van der Waals surface area contributed by atoms with Crippen molar-refractivity contribution >= 4 is 5.78 Å². The molecule has 0 aromatic carbocycles. The Bertz CT molecular complexity index is 348. The lowest BCUT2D eigenvalue weighted by Gasteiger charge is -2.30. The van der Waals surface area contributed by atoms with Gasteiger partial charge in [0, 0.05) is 5.57 Å². The van der Waals surface area contributed by atoms with Crippen LogP contribution in [0.15, 0.2) is 23.6 Å². The van der Waals surface area contributed by atoms with Crippen LogP contribution in [0.5, 0.6) is 0 Å². The number of ketones is 1. The zero-order valence-electron chi connectivity index (χ0n) is 12.4. The van der Waals surface area contributed by atoms with E-state index in [1.54, 1.807) is 6.08 Å². The van der Waals surface area contributed by atoms with Crippen LogP contribution in [0.4, 0.5) is 4.39 Å². The van der Waals surface area contributed by atoms with Gasteiger partial charge in [0.25, 0.3) is 0 Å². The molecule has 108 valence electrons. The molecule has 1 aliphatic heterocycles. The first-order chi connectivity index (χ1) is 9.08. The van der Waals surface area contributed by atoms with Crippen molar-refractivity contribution in [1.29, 1.82) is 0 Å². The first kappa shape index (κ1) is 16.1. The number of carbonyl (C=O) groups excluding carboxylic acids is 1. The highest BCUT2D eigenvalue weighted by atomic mass is 19.1. The number of carbonyl (C=O) groups is 1. The highest BCUT2D eigenvalue weighted by Crippen LogP contribution is 2.20. The van der Waals surface area contributed by atoms with E-state index in [9.17, 15) is 9.18 Å². The van der Waals surface area contributed by atoms with Crippen LogP contribution < -0.4 is 0 Å². The molecule has 1 heterocycles. The third-order valence-electron chi connectivity index (χ3n) is 3.84. The first-order valence-electron chi connectivity index (χ1n) is 7.36. The Labute approximate surface area is 116 Å². The maximum atomic E-state index is 13.4. The van der Waals surface area contributed by atoms with Crippen molar-refractivity contribution in [3.8, 4) is 0 Å². The summed E-state index contributed by atoms with van der Waals surface area (Å²) in [6.07, 6.45) is 7.79. The fourth-order valence-electron chi connectivity index (χ4n) is 2.48. The number of Topliss-reactive ketones (excluding diaryl/α,β-unsaturated/α-hetero) is 1. The van der Waals surface area contributed by atoms with Gasteiger partial charge in [-0.25, -0.2) is 4.39 Å². The predicted molar refractivity (Wildman–Crippen MR) is 77.7 cm³/mol. The molecule has 0 radical (unpaired) electrons. The van der Waals surface area contributed by atoms with Crippen molar-refractivity contribution in [1.82, 2.24) is 4.90 Å². The standard InChI is InChI=1S/C16H26FNO/c1-4-6-7-15(13(3)17)16(19)12-18-10-8-14(5-2)9-11-18/h6-7,14H,4-5,8-12H2,1-3H3/b7-6-,15-13-. The molecule has 1 aliphatic rings. The SMILES string of the molecule is CC/C=C\C(C(=O)CN1CCC(CC)CC1)=C(/C)F. The van der Waals surface area contributed by atoms with Gasteiger partial charge >= 0.3 is 0 Å². The van der Waals surface area contributed by atoms with Crippen molar-refractivity contribution in [3.63, 3.8) is 0 Å². The van der Waals surface area contributed by atoms with E-state index in [2.05, 4.69) is 11.8 Å². The smallest absolute Gasteiger partial charge is 0.179 e. The van der Waals surface area contributed by atoms with Gasteiger partial charge in [0.05, 0.1) is 6.54 Å². The van der Waals surface area contributed by atoms with Crippen LogP contribution in [0.25, 0.3) is 0 Å². The number of hydrogen-bond acceptors (Lipinski definition) is 2. The van der Waals surface area contributed by atoms with Crippen molar-refractivity contribution in [2.24, 2.45) is 5.92 Å². The molecule has 3 heteroatoms. The van der Waals surface area contributed by atoms with Gasteiger partial charge in [0.15, 0.2) is 5.78 Å². The van der Waals surface area contributed by atoms with Crippen LogP contribution in [0, 0.1) is 5.92 Å². The summed E-state index contributed by atoms with van der Waals surface area (Å²) in [5, 5.41) is 0. The Morgan fingerprint density at radius 3 is 2.42 bits per heavy atom. The summed E-state index contributed by atoms with van der Waals surface area (Å²) in [5.74, 6) is 0.321. The molecule has 0 aromatic heterocycles. The Morgan fingerprint density at radius 2 is 1.95 bits per heavy atom. The molecule has 0 aromatic rings. The Morgan fingerprint density at radius 1 is 1.32 bits per heavy atom. The molecular formula is C16H26FNO. The van der Waals surface area contributed by atoms with Gasteiger partial charge in [0.2, 0.25) is 0 Å². The molecular weight excluding hydrogens is 241 g/mol. The molecule has 0 saturated carbocycles. The lowest BCUT2D eigenvalue weighted by atomic mass is 9.94. The van der Waals surface area contributed by atoms with E-state index in [-0.39, 0.29) is 17.2 Å². The van der Waals surface area contributed by atoms with Gasteiger partial charge in [-0.05, 0) is 45.2 Å². The minimum atomic E-state index is -0.377. The zero-order chi connectivity index (χ0) is 14.3. The zero-order valence-corrected chi connectivity index (χ0v) is 12.4. The summed E-state index contributed by atoms with van der Waals surface area (Å²) in [6.45, 7) is 7.81. The summed E-state index contributed by atoms with van der Waals surface area (Å²) in [7, 11) is 0. The summed E-state index contributed by atoms with van der Waals surface area (Å²) in [5.41, 5.74) is 0.236. The predicted octanol–water partition coefficient (Wildman–Crippen LogP) is 3.89. The lowest BCUT2D eigenvalue weighted by Crippen LogP contribution is -2.37. The molecule has 1 saturated heterocycles. The number of likely N-dealkylation sites (tertiary alicyclic amines) is 1. The highest BCUT2D eigenvalue weighted by Gasteiger charge is 2.21. The average Bonchev–Trinajstić information content (AvgIpc) is 2.39. The normalized spacial score (nSPS) is 19.8. The van der Waals surface area contributed by atoms with Crippen molar-refractivity contribution < 1.29 is 9.18 Å². The van der Waals surface area contributed by atoms with Crippen LogP contribution in [-0.4, -0.2) is 30.3 Å². The quantitative estimate of drug-likeness (QED) is 0.537. The van der Waals surface area contributed by atoms with Gasteiger partial charge < -0.3 is 0 Å². The third-order valence-corrected chi connectivity index (χ3v) is 3.84. The van der Waals surface area contributed by atoms with E-state index in [1.807, 2.05) is 13.0 Å². The van der Waals surface area contributed by atoms with Crippen molar-refractivity contribution in [3.05, 3.63) is 23.6 Å². The Balaban J connectivity index is 2.54. The number of nitrogens with zero attached hydrogens (tertiary/aromatic N) is 1. The lowest BCUT2D eigenvalue weighted by molar-refractivity contribution is -0.116. The second-order valence-corrected chi connectivity index (χ2v) is 5.31. The summed E-state index contributed by atoms with van der Waals surface area (Å²) in [6, 6.07) is 0. The summed E-state index contributed by atoms with van der Waals surface area (Å²) >= 11 is 0. The molecule has 2 nitrogen and oxygen atoms in total. The van der Waals surface area contributed by atoms with Crippen molar-refractivity contribution in [2.45, 2.75) is 46.5 Å². The molecule has 0 spiro atoms. The number of allylic oxidation sites excluding steroid dienone is 3. The van der Waals surface area contributed by atoms with E-state index < -0.39 is 0 Å². The van der Waals surface area contributed by atoms with Crippen LogP contribution >= 0.6 is 0 Å². The molecule has 1 fully saturated rings. The second kappa shape index (κ2) is 8.26. The van der Waals surface area contributed by atoms with E-state index in [0.717, 1.165) is 38.3 Å². The highest BCUT2D eigenvalue weighted by molar-refractivity contribution is 5.99. The number of piperidine rings is 1. The largest absolute Gasteiger partial charge is 0.296 e. The number of hydrogen-bond donors (Lipinski definition) is 0. The molecule has 0 aliphatic carbocycles. The van der Waals surface area contributed by atoms with E-state index in [0.29, 0.717) is 6.54 Å². The molecule has 0 bridgehead atoms. The van der Waals surface area contributed by atoms with Gasteiger partial charge in [-0.3, -0.25) is 9.69 Å². The van der Waals surface area contributed by atoms with Crippen LogP contribution in [-0.2, 0) is 4.79 Å². The third kappa shape index (κ3) is 5.27. The summed E-state index contributed by atoms with van der Waals surface area (Å²) in [4.78, 5) is 14.3. The van der Waals surface area contributed by atoms with Crippen LogP contribution in [0.3, 0.4) is 0 Å². The van der Waals surface area contributed by atoms with Crippen molar-refractivity contribution in [2.75, 3.05) is 19.6 Å².